The van der Waals surface area contributed by atoms with Gasteiger partial charge in [0.2, 0.25) is 18.6 Å². The zero-order valence-electron chi connectivity index (χ0n) is 17.1. The van der Waals surface area contributed by atoms with Crippen molar-refractivity contribution in [2.75, 3.05) is 18.2 Å². The molecule has 2 amide bonds. The van der Waals surface area contributed by atoms with Crippen LogP contribution in [0.2, 0.25) is 0 Å². The molecule has 0 aliphatic carbocycles. The standard InChI is InChI=1S/C24H22N2O5/c1-13-4-6-14(7-5-13)22(27)21-20-19(16-3-2-10-25(16)21)23(28)26(24(20)29)15-8-9-17-18(11-15)31-12-30-17/h4-9,11,16,19-21H,2-3,10,12H2,1H3. The van der Waals surface area contributed by atoms with Crippen LogP contribution in [-0.4, -0.2) is 47.9 Å². The second-order valence-electron chi connectivity index (χ2n) is 8.72. The molecule has 0 aromatic heterocycles. The van der Waals surface area contributed by atoms with Crippen LogP contribution in [0.25, 0.3) is 0 Å². The van der Waals surface area contributed by atoms with Crippen molar-refractivity contribution < 1.29 is 23.9 Å². The lowest BCUT2D eigenvalue weighted by molar-refractivity contribution is -0.123. The first-order valence-electron chi connectivity index (χ1n) is 10.7. The second-order valence-corrected chi connectivity index (χ2v) is 8.72. The monoisotopic (exact) mass is 418 g/mol. The third-order valence-corrected chi connectivity index (χ3v) is 7.07. The summed E-state index contributed by atoms with van der Waals surface area (Å²) in [4.78, 5) is 44.0. The van der Waals surface area contributed by atoms with Crippen molar-refractivity contribution in [2.45, 2.75) is 31.8 Å². The van der Waals surface area contributed by atoms with E-state index in [2.05, 4.69) is 4.90 Å². The fraction of sp³-hybridized carbons (Fsp3) is 0.375. The lowest BCUT2D eigenvalue weighted by Gasteiger charge is -2.27. The summed E-state index contributed by atoms with van der Waals surface area (Å²) in [6.45, 7) is 2.83. The van der Waals surface area contributed by atoms with Gasteiger partial charge in [-0.05, 0) is 38.4 Å². The maximum Gasteiger partial charge on any atom is 0.239 e. The molecular formula is C24H22N2O5. The normalized spacial score (nSPS) is 28.9. The van der Waals surface area contributed by atoms with E-state index in [4.69, 9.17) is 9.47 Å². The van der Waals surface area contributed by atoms with Gasteiger partial charge in [0, 0.05) is 17.7 Å². The van der Waals surface area contributed by atoms with Crippen LogP contribution in [0.4, 0.5) is 5.69 Å². The molecule has 4 unspecified atom stereocenters. The van der Waals surface area contributed by atoms with Crippen molar-refractivity contribution in [1.29, 1.82) is 0 Å². The Kier molecular flexibility index (Phi) is 3.99. The number of anilines is 1. The van der Waals surface area contributed by atoms with Crippen molar-refractivity contribution in [1.82, 2.24) is 4.90 Å². The van der Waals surface area contributed by atoms with Gasteiger partial charge in [-0.1, -0.05) is 29.8 Å². The molecule has 4 atom stereocenters. The molecular weight excluding hydrogens is 396 g/mol. The number of benzene rings is 2. The fourth-order valence-corrected chi connectivity index (χ4v) is 5.68. The minimum Gasteiger partial charge on any atom is -0.454 e. The summed E-state index contributed by atoms with van der Waals surface area (Å²) in [5, 5.41) is 0. The first-order valence-corrected chi connectivity index (χ1v) is 10.7. The molecule has 3 saturated heterocycles. The summed E-state index contributed by atoms with van der Waals surface area (Å²) in [5.74, 6) is -0.619. The molecule has 3 fully saturated rings. The van der Waals surface area contributed by atoms with E-state index in [0.717, 1.165) is 24.9 Å². The first-order chi connectivity index (χ1) is 15.0. The Morgan fingerprint density at radius 1 is 0.968 bits per heavy atom. The average Bonchev–Trinajstić information content (AvgIpc) is 3.51. The number of Topliss-reactive ketones (excluding diaryl/α,β-unsaturated/α-hetero) is 1. The number of nitrogens with zero attached hydrogens (tertiary/aromatic N) is 2. The lowest BCUT2D eigenvalue weighted by Crippen LogP contribution is -2.46. The predicted octanol–water partition coefficient (Wildman–Crippen LogP) is 2.56. The highest BCUT2D eigenvalue weighted by atomic mass is 16.7. The number of aryl methyl sites for hydroxylation is 1. The van der Waals surface area contributed by atoms with Crippen LogP contribution in [0.15, 0.2) is 42.5 Å². The summed E-state index contributed by atoms with van der Waals surface area (Å²) in [6, 6.07) is 11.8. The summed E-state index contributed by atoms with van der Waals surface area (Å²) < 4.78 is 10.8. The molecule has 7 heteroatoms. The van der Waals surface area contributed by atoms with Crippen LogP contribution in [0.3, 0.4) is 0 Å². The molecule has 2 aromatic rings. The second kappa shape index (κ2) is 6.65. The van der Waals surface area contributed by atoms with Gasteiger partial charge in [-0.25, -0.2) is 4.90 Å². The highest BCUT2D eigenvalue weighted by molar-refractivity contribution is 6.24. The quantitative estimate of drug-likeness (QED) is 0.563. The Balaban J connectivity index is 1.39. The van der Waals surface area contributed by atoms with E-state index in [1.54, 1.807) is 18.2 Å². The van der Waals surface area contributed by atoms with E-state index in [1.807, 2.05) is 31.2 Å². The molecule has 31 heavy (non-hydrogen) atoms. The fourth-order valence-electron chi connectivity index (χ4n) is 5.68. The van der Waals surface area contributed by atoms with Crippen molar-refractivity contribution in [2.24, 2.45) is 11.8 Å². The molecule has 0 N–H and O–H groups in total. The van der Waals surface area contributed by atoms with Gasteiger partial charge >= 0.3 is 0 Å². The molecule has 4 aliphatic heterocycles. The van der Waals surface area contributed by atoms with E-state index in [9.17, 15) is 14.4 Å². The third kappa shape index (κ3) is 2.59. The summed E-state index contributed by atoms with van der Waals surface area (Å²) in [6.07, 6.45) is 1.75. The average molecular weight is 418 g/mol. The number of imide groups is 1. The molecule has 0 spiro atoms. The van der Waals surface area contributed by atoms with Crippen LogP contribution in [0.1, 0.15) is 28.8 Å². The largest absolute Gasteiger partial charge is 0.454 e. The molecule has 158 valence electrons. The van der Waals surface area contributed by atoms with Gasteiger partial charge < -0.3 is 9.47 Å². The number of hydrogen-bond donors (Lipinski definition) is 0. The number of amides is 2. The third-order valence-electron chi connectivity index (χ3n) is 7.07. The van der Waals surface area contributed by atoms with E-state index in [-0.39, 0.29) is 30.4 Å². The van der Waals surface area contributed by atoms with Crippen molar-refractivity contribution in [3.05, 3.63) is 53.6 Å². The molecule has 2 aromatic carbocycles. The zero-order chi connectivity index (χ0) is 21.3. The van der Waals surface area contributed by atoms with Crippen LogP contribution in [0, 0.1) is 18.8 Å². The molecule has 0 radical (unpaired) electrons. The lowest BCUT2D eigenvalue weighted by atomic mass is 9.85. The van der Waals surface area contributed by atoms with E-state index in [1.165, 1.54) is 4.90 Å². The summed E-state index contributed by atoms with van der Waals surface area (Å²) in [5.41, 5.74) is 2.13. The molecule has 4 heterocycles. The maximum absolute atomic E-state index is 13.6. The van der Waals surface area contributed by atoms with Crippen LogP contribution in [-0.2, 0) is 9.59 Å². The number of rotatable bonds is 3. The van der Waals surface area contributed by atoms with Crippen LogP contribution in [0.5, 0.6) is 11.5 Å². The van der Waals surface area contributed by atoms with Gasteiger partial charge in [0.15, 0.2) is 17.3 Å². The van der Waals surface area contributed by atoms with Gasteiger partial charge in [-0.2, -0.15) is 0 Å². The minimum atomic E-state index is -0.656. The number of ketones is 1. The topological polar surface area (TPSA) is 76.1 Å². The van der Waals surface area contributed by atoms with Crippen molar-refractivity contribution in [3.8, 4) is 11.5 Å². The maximum atomic E-state index is 13.6. The Labute approximate surface area is 179 Å². The Morgan fingerprint density at radius 3 is 2.52 bits per heavy atom. The van der Waals surface area contributed by atoms with E-state index >= 15 is 0 Å². The van der Waals surface area contributed by atoms with Crippen molar-refractivity contribution in [3.63, 3.8) is 0 Å². The molecule has 4 aliphatic rings. The summed E-state index contributed by atoms with van der Waals surface area (Å²) >= 11 is 0. The number of ether oxygens (including phenoxy) is 2. The number of carbonyl (C=O) groups excluding carboxylic acids is 3. The first kappa shape index (κ1) is 18.6. The van der Waals surface area contributed by atoms with Gasteiger partial charge in [0.25, 0.3) is 0 Å². The Hall–Kier alpha value is -3.19. The number of carbonyl (C=O) groups is 3. The highest BCUT2D eigenvalue weighted by Gasteiger charge is 2.64. The SMILES string of the molecule is Cc1ccc(C(=O)C2C3C(=O)N(c4ccc5c(c4)OCO5)C(=O)C3C3CCCN32)cc1. The number of hydrogen-bond acceptors (Lipinski definition) is 6. The predicted molar refractivity (Wildman–Crippen MR) is 111 cm³/mol. The summed E-state index contributed by atoms with van der Waals surface area (Å²) in [7, 11) is 0. The number of fused-ring (bicyclic) bond motifs is 4. The van der Waals surface area contributed by atoms with Gasteiger partial charge in [-0.3, -0.25) is 19.3 Å². The van der Waals surface area contributed by atoms with Crippen molar-refractivity contribution >= 4 is 23.3 Å². The minimum absolute atomic E-state index is 0.0696. The molecule has 0 bridgehead atoms. The van der Waals surface area contributed by atoms with E-state index in [0.29, 0.717) is 22.7 Å². The van der Waals surface area contributed by atoms with Crippen LogP contribution >= 0.6 is 0 Å². The van der Waals surface area contributed by atoms with Gasteiger partial charge in [-0.15, -0.1) is 0 Å². The smallest absolute Gasteiger partial charge is 0.239 e. The van der Waals surface area contributed by atoms with Gasteiger partial charge in [0.05, 0.1) is 23.6 Å². The molecule has 6 rings (SSSR count). The van der Waals surface area contributed by atoms with Gasteiger partial charge in [0.1, 0.15) is 0 Å². The van der Waals surface area contributed by atoms with Crippen LogP contribution < -0.4 is 14.4 Å². The zero-order valence-corrected chi connectivity index (χ0v) is 17.1. The Bertz CT molecular complexity index is 1110. The molecule has 0 saturated carbocycles. The molecule has 7 nitrogen and oxygen atoms in total. The van der Waals surface area contributed by atoms with E-state index < -0.39 is 17.9 Å². The Morgan fingerprint density at radius 2 is 1.71 bits per heavy atom. The highest BCUT2D eigenvalue weighted by Crippen LogP contribution is 2.49.